The first-order chi connectivity index (χ1) is 6.95. The smallest absolute Gasteiger partial charge is 0.315 e. The third kappa shape index (κ3) is 7.29. The Bertz CT molecular complexity index is 254. The van der Waals surface area contributed by atoms with Crippen LogP contribution in [0.3, 0.4) is 0 Å². The number of rotatable bonds is 6. The van der Waals surface area contributed by atoms with Gasteiger partial charge in [0.2, 0.25) is 5.91 Å². The predicted molar refractivity (Wildman–Crippen MR) is 52.1 cm³/mol. The first kappa shape index (κ1) is 13.2. The third-order valence-corrected chi connectivity index (χ3v) is 1.67. The van der Waals surface area contributed by atoms with Crippen LogP contribution < -0.4 is 16.4 Å². The van der Waals surface area contributed by atoms with Gasteiger partial charge in [-0.15, -0.1) is 0 Å². The zero-order chi connectivity index (χ0) is 11.8. The highest BCUT2D eigenvalue weighted by Gasteiger charge is 2.13. The molecule has 7 nitrogen and oxygen atoms in total. The van der Waals surface area contributed by atoms with Crippen molar-refractivity contribution in [1.29, 1.82) is 0 Å². The molecule has 0 aromatic heterocycles. The van der Waals surface area contributed by atoms with Crippen LogP contribution in [0, 0.1) is 0 Å². The number of nitrogens with one attached hydrogen (secondary N) is 2. The molecule has 0 bridgehead atoms. The zero-order valence-corrected chi connectivity index (χ0v) is 8.45. The van der Waals surface area contributed by atoms with Gasteiger partial charge in [-0.1, -0.05) is 6.92 Å². The minimum Gasteiger partial charge on any atom is -0.481 e. The van der Waals surface area contributed by atoms with E-state index in [1.807, 2.05) is 0 Å². The molecule has 0 saturated carbocycles. The maximum Gasteiger partial charge on any atom is 0.315 e. The van der Waals surface area contributed by atoms with E-state index < -0.39 is 23.9 Å². The fourth-order valence-electron chi connectivity index (χ4n) is 0.912. The monoisotopic (exact) mass is 217 g/mol. The van der Waals surface area contributed by atoms with Crippen molar-refractivity contribution >= 4 is 17.9 Å². The number of carbonyl (C=O) groups excluding carboxylic acids is 2. The zero-order valence-electron chi connectivity index (χ0n) is 8.45. The van der Waals surface area contributed by atoms with Gasteiger partial charge >= 0.3 is 12.0 Å². The molecule has 0 aromatic carbocycles. The Balaban J connectivity index is 3.90. The number of nitrogens with two attached hydrogens (primary N) is 1. The van der Waals surface area contributed by atoms with E-state index in [9.17, 15) is 14.4 Å². The molecular formula is C8H15N3O4. The molecule has 0 fully saturated rings. The van der Waals surface area contributed by atoms with Crippen molar-refractivity contribution in [3.63, 3.8) is 0 Å². The number of carboxylic acid groups (broad SMARTS) is 1. The molecule has 7 heteroatoms. The van der Waals surface area contributed by atoms with E-state index in [1.165, 1.54) is 0 Å². The second-order valence-electron chi connectivity index (χ2n) is 3.00. The Labute approximate surface area is 87.0 Å². The molecule has 0 radical (unpaired) electrons. The van der Waals surface area contributed by atoms with E-state index in [2.05, 4.69) is 10.6 Å². The van der Waals surface area contributed by atoms with Crippen LogP contribution in [-0.4, -0.2) is 35.6 Å². The number of urea groups is 1. The van der Waals surface area contributed by atoms with Crippen molar-refractivity contribution in [3.8, 4) is 0 Å². The van der Waals surface area contributed by atoms with Crippen LogP contribution in [0.25, 0.3) is 0 Å². The van der Waals surface area contributed by atoms with E-state index in [-0.39, 0.29) is 13.0 Å². The van der Waals surface area contributed by atoms with Crippen molar-refractivity contribution in [2.24, 2.45) is 5.73 Å². The average molecular weight is 217 g/mol. The second-order valence-corrected chi connectivity index (χ2v) is 3.00. The number of aliphatic carboxylic acids is 1. The molecule has 15 heavy (non-hydrogen) atoms. The van der Waals surface area contributed by atoms with Gasteiger partial charge in [-0.25, -0.2) is 4.79 Å². The largest absolute Gasteiger partial charge is 0.481 e. The van der Waals surface area contributed by atoms with Crippen molar-refractivity contribution in [3.05, 3.63) is 0 Å². The lowest BCUT2D eigenvalue weighted by Crippen LogP contribution is -2.45. The maximum absolute atomic E-state index is 11.1. The Hall–Kier alpha value is -1.79. The van der Waals surface area contributed by atoms with Crippen molar-refractivity contribution in [1.82, 2.24) is 10.6 Å². The van der Waals surface area contributed by atoms with Gasteiger partial charge in [0.1, 0.15) is 0 Å². The van der Waals surface area contributed by atoms with Crippen LogP contribution in [0.2, 0.25) is 0 Å². The molecule has 0 aromatic rings. The van der Waals surface area contributed by atoms with Crippen molar-refractivity contribution < 1.29 is 19.5 Å². The van der Waals surface area contributed by atoms with Crippen molar-refractivity contribution in [2.45, 2.75) is 25.8 Å². The lowest BCUT2D eigenvalue weighted by molar-refractivity contribution is -0.137. The standard InChI is InChI=1S/C8H15N3O4/c1-2-5(3-7(13)14)11-8(15)10-4-6(9)12/h5H,2-4H2,1H3,(H2,9,12)(H,13,14)(H2,10,11,15). The lowest BCUT2D eigenvalue weighted by atomic mass is 10.1. The summed E-state index contributed by atoms with van der Waals surface area (Å²) in [5, 5.41) is 13.1. The summed E-state index contributed by atoms with van der Waals surface area (Å²) in [6.45, 7) is 1.48. The summed E-state index contributed by atoms with van der Waals surface area (Å²) in [6.07, 6.45) is 0.344. The SMILES string of the molecule is CCC(CC(=O)O)NC(=O)NCC(N)=O. The first-order valence-electron chi connectivity index (χ1n) is 4.50. The summed E-state index contributed by atoms with van der Waals surface area (Å²) in [7, 11) is 0. The third-order valence-electron chi connectivity index (χ3n) is 1.67. The molecule has 0 saturated heterocycles. The van der Waals surface area contributed by atoms with Crippen LogP contribution in [0.4, 0.5) is 4.79 Å². The molecule has 86 valence electrons. The van der Waals surface area contributed by atoms with Gasteiger partial charge in [-0.3, -0.25) is 9.59 Å². The second kappa shape index (κ2) is 6.63. The molecule has 1 unspecified atom stereocenters. The fourth-order valence-corrected chi connectivity index (χ4v) is 0.912. The minimum absolute atomic E-state index is 0.152. The van der Waals surface area contributed by atoms with Crippen LogP contribution in [0.15, 0.2) is 0 Å². The van der Waals surface area contributed by atoms with Crippen molar-refractivity contribution in [2.75, 3.05) is 6.54 Å². The molecule has 3 amide bonds. The number of carbonyl (C=O) groups is 3. The summed E-state index contributed by atoms with van der Waals surface area (Å²) >= 11 is 0. The summed E-state index contributed by atoms with van der Waals surface area (Å²) < 4.78 is 0. The molecule has 0 spiro atoms. The van der Waals surface area contributed by atoms with Crippen LogP contribution in [0.5, 0.6) is 0 Å². The predicted octanol–water partition coefficient (Wildman–Crippen LogP) is -0.976. The Morgan fingerprint density at radius 2 is 2.00 bits per heavy atom. The van der Waals surface area contributed by atoms with Gasteiger partial charge < -0.3 is 21.5 Å². The highest BCUT2D eigenvalue weighted by atomic mass is 16.4. The number of carboxylic acids is 1. The van der Waals surface area contributed by atoms with Gasteiger partial charge in [0.25, 0.3) is 0 Å². The number of primary amides is 1. The molecule has 0 aliphatic carbocycles. The molecule has 0 aliphatic rings. The highest BCUT2D eigenvalue weighted by molar-refractivity contribution is 5.83. The summed E-state index contributed by atoms with van der Waals surface area (Å²) in [6, 6.07) is -1.04. The fraction of sp³-hybridized carbons (Fsp3) is 0.625. The van der Waals surface area contributed by atoms with Gasteiger partial charge in [-0.2, -0.15) is 0 Å². The van der Waals surface area contributed by atoms with Gasteiger partial charge in [0, 0.05) is 6.04 Å². The van der Waals surface area contributed by atoms with E-state index in [1.54, 1.807) is 6.92 Å². The topological polar surface area (TPSA) is 122 Å². The van der Waals surface area contributed by atoms with E-state index in [4.69, 9.17) is 10.8 Å². The van der Waals surface area contributed by atoms with E-state index >= 15 is 0 Å². The normalized spacial score (nSPS) is 11.5. The molecule has 5 N–H and O–H groups in total. The quantitative estimate of drug-likeness (QED) is 0.457. The summed E-state index contributed by atoms with van der Waals surface area (Å²) in [5.74, 6) is -1.64. The van der Waals surface area contributed by atoms with Crippen LogP contribution in [-0.2, 0) is 9.59 Å². The molecule has 0 heterocycles. The van der Waals surface area contributed by atoms with Gasteiger partial charge in [0.15, 0.2) is 0 Å². The Morgan fingerprint density at radius 3 is 2.40 bits per heavy atom. The summed E-state index contributed by atoms with van der Waals surface area (Å²) in [4.78, 5) is 31.8. The minimum atomic E-state index is -0.989. The molecule has 1 atom stereocenters. The van der Waals surface area contributed by atoms with E-state index in [0.29, 0.717) is 6.42 Å². The number of hydrogen-bond acceptors (Lipinski definition) is 3. The molecule has 0 aliphatic heterocycles. The molecule has 0 rings (SSSR count). The molecular weight excluding hydrogens is 202 g/mol. The maximum atomic E-state index is 11.1. The lowest BCUT2D eigenvalue weighted by Gasteiger charge is -2.14. The average Bonchev–Trinajstić information content (AvgIpc) is 2.13. The Kier molecular flexibility index (Phi) is 5.84. The van der Waals surface area contributed by atoms with E-state index in [0.717, 1.165) is 0 Å². The Morgan fingerprint density at radius 1 is 1.40 bits per heavy atom. The van der Waals surface area contributed by atoms with Gasteiger partial charge in [-0.05, 0) is 6.42 Å². The first-order valence-corrected chi connectivity index (χ1v) is 4.50. The highest BCUT2D eigenvalue weighted by Crippen LogP contribution is 1.96. The van der Waals surface area contributed by atoms with Crippen LogP contribution in [0.1, 0.15) is 19.8 Å². The van der Waals surface area contributed by atoms with Gasteiger partial charge in [0.05, 0.1) is 13.0 Å². The summed E-state index contributed by atoms with van der Waals surface area (Å²) in [5.41, 5.74) is 4.81. The van der Waals surface area contributed by atoms with Crippen LogP contribution >= 0.6 is 0 Å². The number of amides is 3. The number of hydrogen-bond donors (Lipinski definition) is 4.